The summed E-state index contributed by atoms with van der Waals surface area (Å²) in [5.41, 5.74) is 0. The van der Waals surface area contributed by atoms with E-state index in [-0.39, 0.29) is 32.2 Å². The van der Waals surface area contributed by atoms with E-state index in [9.17, 15) is 0 Å². The maximum atomic E-state index is 2.53. The molecule has 0 radical (unpaired) electrons. The van der Waals surface area contributed by atoms with E-state index >= 15 is 0 Å². The topological polar surface area (TPSA) is 3.24 Å². The van der Waals surface area contributed by atoms with Crippen molar-refractivity contribution in [1.82, 2.24) is 4.67 Å². The van der Waals surface area contributed by atoms with Crippen LogP contribution in [-0.2, 0) is 0 Å². The number of rotatable bonds is 3. The maximum absolute atomic E-state index is 2.53. The SMILES string of the molecule is CCCC[N+]1(C)CCN(C)P1C.[I-]. The largest absolute Gasteiger partial charge is 1.00 e. The lowest BCUT2D eigenvalue weighted by Crippen LogP contribution is -3.00. The number of unbranched alkanes of at least 4 members (excludes halogenated alkanes) is 1. The van der Waals surface area contributed by atoms with Gasteiger partial charge in [0.05, 0.1) is 26.7 Å². The smallest absolute Gasteiger partial charge is 0.181 e. The van der Waals surface area contributed by atoms with Crippen molar-refractivity contribution in [1.29, 1.82) is 0 Å². The average Bonchev–Trinajstić information content (AvgIpc) is 2.31. The minimum absolute atomic E-state index is 0. The van der Waals surface area contributed by atoms with Gasteiger partial charge in [0.15, 0.2) is 8.22 Å². The van der Waals surface area contributed by atoms with Crippen molar-refractivity contribution in [2.75, 3.05) is 40.4 Å². The van der Waals surface area contributed by atoms with Crippen LogP contribution in [0.4, 0.5) is 0 Å². The molecule has 2 nitrogen and oxygen atoms in total. The third-order valence-corrected chi connectivity index (χ3v) is 6.08. The second-order valence-corrected chi connectivity index (χ2v) is 6.64. The van der Waals surface area contributed by atoms with Gasteiger partial charge in [0.1, 0.15) is 0 Å². The van der Waals surface area contributed by atoms with Crippen LogP contribution in [0.1, 0.15) is 19.8 Å². The third kappa shape index (κ3) is 3.29. The van der Waals surface area contributed by atoms with Crippen LogP contribution in [0.25, 0.3) is 0 Å². The standard InChI is InChI=1S/C9H22N2P.HI/c1-5-6-8-11(3)9-7-10(2)12(11)4;/h5-9H2,1-4H3;1H/q+1;/p-1. The first-order valence-corrected chi connectivity index (χ1v) is 6.59. The highest BCUT2D eigenvalue weighted by Gasteiger charge is 2.39. The van der Waals surface area contributed by atoms with Crippen LogP contribution >= 0.6 is 8.22 Å². The number of hydrogen-bond donors (Lipinski definition) is 0. The molecule has 2 unspecified atom stereocenters. The number of quaternary nitrogens is 1. The van der Waals surface area contributed by atoms with Gasteiger partial charge in [-0.15, -0.1) is 0 Å². The van der Waals surface area contributed by atoms with Crippen LogP contribution in [0.2, 0.25) is 0 Å². The van der Waals surface area contributed by atoms with Gasteiger partial charge in [-0.25, -0.2) is 4.67 Å². The Kier molecular flexibility index (Phi) is 6.32. The van der Waals surface area contributed by atoms with Crippen LogP contribution < -0.4 is 24.0 Å². The fraction of sp³-hybridized carbons (Fsp3) is 1.00. The van der Waals surface area contributed by atoms with Gasteiger partial charge in [0.2, 0.25) is 0 Å². The Bertz CT molecular complexity index is 157. The quantitative estimate of drug-likeness (QED) is 0.483. The molecule has 0 N–H and O–H groups in total. The highest BCUT2D eigenvalue weighted by atomic mass is 127. The van der Waals surface area contributed by atoms with E-state index in [1.165, 1.54) is 36.7 Å². The van der Waals surface area contributed by atoms with Crippen LogP contribution in [-0.4, -0.2) is 49.3 Å². The van der Waals surface area contributed by atoms with E-state index in [1.807, 2.05) is 0 Å². The van der Waals surface area contributed by atoms with E-state index in [0.717, 1.165) is 0 Å². The second kappa shape index (κ2) is 5.84. The molecule has 0 aromatic carbocycles. The van der Waals surface area contributed by atoms with Gasteiger partial charge in [-0.3, -0.25) is 4.25 Å². The van der Waals surface area contributed by atoms with Crippen molar-refractivity contribution in [2.45, 2.75) is 19.8 Å². The predicted octanol–water partition coefficient (Wildman–Crippen LogP) is -0.876. The molecule has 0 aliphatic carbocycles. The molecular formula is C9H22IN2P. The van der Waals surface area contributed by atoms with Gasteiger partial charge < -0.3 is 24.0 Å². The Morgan fingerprint density at radius 1 is 1.46 bits per heavy atom. The van der Waals surface area contributed by atoms with E-state index < -0.39 is 0 Å². The lowest BCUT2D eigenvalue weighted by molar-refractivity contribution is -0.779. The van der Waals surface area contributed by atoms with E-state index in [1.54, 1.807) is 0 Å². The molecule has 2 atom stereocenters. The highest BCUT2D eigenvalue weighted by Crippen LogP contribution is 2.49. The molecule has 0 spiro atoms. The molecule has 1 fully saturated rings. The summed E-state index contributed by atoms with van der Waals surface area (Å²) in [4.78, 5) is 0. The molecule has 1 aliphatic rings. The van der Waals surface area contributed by atoms with Crippen LogP contribution in [0.15, 0.2) is 0 Å². The fourth-order valence-electron chi connectivity index (χ4n) is 1.77. The zero-order valence-electron chi connectivity index (χ0n) is 9.26. The zero-order chi connectivity index (χ0) is 9.19. The monoisotopic (exact) mass is 316 g/mol. The molecule has 4 heteroatoms. The van der Waals surface area contributed by atoms with Gasteiger partial charge in [-0.2, -0.15) is 0 Å². The highest BCUT2D eigenvalue weighted by molar-refractivity contribution is 7.48. The minimum atomic E-state index is 0. The van der Waals surface area contributed by atoms with Crippen molar-refractivity contribution in [2.24, 2.45) is 0 Å². The second-order valence-electron chi connectivity index (χ2n) is 4.01. The molecule has 0 saturated carbocycles. The van der Waals surface area contributed by atoms with Gasteiger partial charge in [-0.05, 0) is 13.5 Å². The number of hydrogen-bond acceptors (Lipinski definition) is 1. The summed E-state index contributed by atoms with van der Waals surface area (Å²) in [6, 6.07) is 0. The van der Waals surface area contributed by atoms with Crippen molar-refractivity contribution < 1.29 is 28.2 Å². The number of halogens is 1. The Balaban J connectivity index is 0.00000144. The summed E-state index contributed by atoms with van der Waals surface area (Å²) in [5, 5.41) is 0. The van der Waals surface area contributed by atoms with E-state index in [0.29, 0.717) is 0 Å². The summed E-state index contributed by atoms with van der Waals surface area (Å²) in [6.45, 7) is 8.73. The normalized spacial score (nSPS) is 34.6. The van der Waals surface area contributed by atoms with Gasteiger partial charge >= 0.3 is 0 Å². The third-order valence-electron chi connectivity index (χ3n) is 3.09. The number of likely N-dealkylation sites (N-methyl/N-ethyl adjacent to an activating group) is 2. The van der Waals surface area contributed by atoms with E-state index in [4.69, 9.17) is 0 Å². The average molecular weight is 316 g/mol. The van der Waals surface area contributed by atoms with Crippen molar-refractivity contribution in [3.63, 3.8) is 0 Å². The molecule has 80 valence electrons. The zero-order valence-corrected chi connectivity index (χ0v) is 12.3. The minimum Gasteiger partial charge on any atom is -1.00 e. The summed E-state index contributed by atoms with van der Waals surface area (Å²) in [7, 11) is 4.77. The molecule has 0 aromatic rings. The molecule has 1 aliphatic heterocycles. The molecule has 0 aromatic heterocycles. The summed E-state index contributed by atoms with van der Waals surface area (Å²) in [5.74, 6) is 0. The van der Waals surface area contributed by atoms with Crippen molar-refractivity contribution in [3.05, 3.63) is 0 Å². The summed E-state index contributed by atoms with van der Waals surface area (Å²) >= 11 is 0. The fourth-order valence-corrected chi connectivity index (χ4v) is 3.70. The van der Waals surface area contributed by atoms with Crippen molar-refractivity contribution >= 4 is 8.22 Å². The van der Waals surface area contributed by atoms with Gasteiger partial charge in [0, 0.05) is 6.66 Å². The Morgan fingerprint density at radius 2 is 2.08 bits per heavy atom. The summed E-state index contributed by atoms with van der Waals surface area (Å²) in [6.07, 6.45) is 2.72. The molecule has 1 rings (SSSR count). The van der Waals surface area contributed by atoms with Crippen molar-refractivity contribution in [3.8, 4) is 0 Å². The number of nitrogens with zero attached hydrogens (tertiary/aromatic N) is 2. The molecule has 1 heterocycles. The van der Waals surface area contributed by atoms with Gasteiger partial charge in [-0.1, -0.05) is 13.3 Å². The first-order valence-electron chi connectivity index (χ1n) is 4.90. The van der Waals surface area contributed by atoms with Crippen LogP contribution in [0, 0.1) is 0 Å². The first kappa shape index (κ1) is 14.1. The Morgan fingerprint density at radius 3 is 2.46 bits per heavy atom. The Hall–Kier alpha value is 1.08. The maximum Gasteiger partial charge on any atom is 0.181 e. The molecule has 0 bridgehead atoms. The molecular weight excluding hydrogens is 294 g/mol. The van der Waals surface area contributed by atoms with Crippen LogP contribution in [0.5, 0.6) is 0 Å². The molecule has 0 amide bonds. The Labute approximate surface area is 101 Å². The molecule has 13 heavy (non-hydrogen) atoms. The lowest BCUT2D eigenvalue weighted by atomic mass is 10.3. The molecule has 1 saturated heterocycles. The first-order chi connectivity index (χ1) is 5.60. The summed E-state index contributed by atoms with van der Waals surface area (Å²) < 4.78 is 3.85. The van der Waals surface area contributed by atoms with E-state index in [2.05, 4.69) is 32.4 Å². The predicted molar refractivity (Wildman–Crippen MR) is 56.3 cm³/mol. The van der Waals surface area contributed by atoms with Gasteiger partial charge in [0.25, 0.3) is 0 Å². The lowest BCUT2D eigenvalue weighted by Gasteiger charge is -2.33. The van der Waals surface area contributed by atoms with Crippen LogP contribution in [0.3, 0.4) is 0 Å².